The minimum atomic E-state index is -0.507. The van der Waals surface area contributed by atoms with Gasteiger partial charge in [0.2, 0.25) is 5.75 Å². The van der Waals surface area contributed by atoms with Crippen LogP contribution in [0.2, 0.25) is 0 Å². The Bertz CT molecular complexity index is 1430. The molecule has 2 atom stereocenters. The van der Waals surface area contributed by atoms with Crippen LogP contribution in [0.25, 0.3) is 12.2 Å². The molecular weight excluding hydrogens is 456 g/mol. The molecular formula is C30H26O6. The Morgan fingerprint density at radius 1 is 0.722 bits per heavy atom. The number of hydrogen-bond acceptors (Lipinski definition) is 6. The Morgan fingerprint density at radius 2 is 1.44 bits per heavy atom. The SMILES string of the molecule is COc1cc(C=Cc2ccccc2O)c2c(c1)O[C@H](c1cc(O)c(O)c(OC)c1)[C@H]2c1ccccc1. The topological polar surface area (TPSA) is 88.4 Å². The van der Waals surface area contributed by atoms with Crippen molar-refractivity contribution in [2.24, 2.45) is 0 Å². The highest BCUT2D eigenvalue weighted by molar-refractivity contribution is 5.77. The molecule has 0 spiro atoms. The summed E-state index contributed by atoms with van der Waals surface area (Å²) in [6, 6.07) is 24.1. The molecule has 6 heteroatoms. The maximum absolute atomic E-state index is 10.4. The van der Waals surface area contributed by atoms with Crippen LogP contribution in [-0.4, -0.2) is 29.5 Å². The third-order valence-electron chi connectivity index (χ3n) is 6.41. The third-order valence-corrected chi connectivity index (χ3v) is 6.41. The number of fused-ring (bicyclic) bond motifs is 1. The summed E-state index contributed by atoms with van der Waals surface area (Å²) in [6.45, 7) is 0. The lowest BCUT2D eigenvalue weighted by Crippen LogP contribution is -2.12. The molecule has 0 radical (unpaired) electrons. The minimum absolute atomic E-state index is 0.161. The number of benzene rings is 4. The van der Waals surface area contributed by atoms with Crippen molar-refractivity contribution >= 4 is 12.2 Å². The van der Waals surface area contributed by atoms with Crippen molar-refractivity contribution in [2.75, 3.05) is 14.2 Å². The van der Waals surface area contributed by atoms with E-state index in [1.165, 1.54) is 13.2 Å². The van der Waals surface area contributed by atoms with Gasteiger partial charge >= 0.3 is 0 Å². The molecule has 0 aliphatic carbocycles. The molecule has 0 aromatic heterocycles. The number of rotatable bonds is 6. The Morgan fingerprint density at radius 3 is 2.17 bits per heavy atom. The zero-order valence-corrected chi connectivity index (χ0v) is 19.9. The van der Waals surface area contributed by atoms with Gasteiger partial charge in [-0.05, 0) is 35.4 Å². The summed E-state index contributed by atoms with van der Waals surface area (Å²) in [5.74, 6) is 0.794. The molecule has 0 amide bonds. The highest BCUT2D eigenvalue weighted by Crippen LogP contribution is 2.54. The lowest BCUT2D eigenvalue weighted by molar-refractivity contribution is 0.220. The molecule has 5 rings (SSSR count). The van der Waals surface area contributed by atoms with Gasteiger partial charge in [0.15, 0.2) is 11.5 Å². The van der Waals surface area contributed by atoms with Gasteiger partial charge in [0, 0.05) is 22.8 Å². The van der Waals surface area contributed by atoms with Crippen molar-refractivity contribution in [2.45, 2.75) is 12.0 Å². The Hall–Kier alpha value is -4.58. The fourth-order valence-corrected chi connectivity index (χ4v) is 4.67. The average molecular weight is 483 g/mol. The molecule has 0 fully saturated rings. The van der Waals surface area contributed by atoms with Crippen molar-refractivity contribution in [1.82, 2.24) is 0 Å². The summed E-state index contributed by atoms with van der Waals surface area (Å²) in [5.41, 5.74) is 4.19. The molecule has 1 aliphatic heterocycles. The van der Waals surface area contributed by atoms with E-state index in [4.69, 9.17) is 14.2 Å². The number of methoxy groups -OCH3 is 2. The van der Waals surface area contributed by atoms with E-state index in [9.17, 15) is 15.3 Å². The van der Waals surface area contributed by atoms with Crippen molar-refractivity contribution < 1.29 is 29.5 Å². The summed E-state index contributed by atoms with van der Waals surface area (Å²) in [6.07, 6.45) is 3.29. The molecule has 0 saturated carbocycles. The predicted octanol–water partition coefficient (Wildman–Crippen LogP) is 6.26. The summed E-state index contributed by atoms with van der Waals surface area (Å²) in [4.78, 5) is 0. The first-order chi connectivity index (χ1) is 17.5. The number of aromatic hydroxyl groups is 3. The second kappa shape index (κ2) is 9.58. The molecule has 3 N–H and O–H groups in total. The van der Waals surface area contributed by atoms with Gasteiger partial charge in [-0.25, -0.2) is 0 Å². The van der Waals surface area contributed by atoms with Crippen LogP contribution in [0.1, 0.15) is 39.8 Å². The summed E-state index contributed by atoms with van der Waals surface area (Å²) in [7, 11) is 3.03. The molecule has 1 aliphatic rings. The zero-order chi connectivity index (χ0) is 25.2. The Balaban J connectivity index is 1.69. The van der Waals surface area contributed by atoms with Crippen LogP contribution in [0.3, 0.4) is 0 Å². The molecule has 4 aromatic rings. The lowest BCUT2D eigenvalue weighted by atomic mass is 9.82. The molecule has 4 aromatic carbocycles. The molecule has 6 nitrogen and oxygen atoms in total. The van der Waals surface area contributed by atoms with E-state index in [0.717, 1.165) is 16.7 Å². The van der Waals surface area contributed by atoms with Crippen molar-refractivity contribution in [3.63, 3.8) is 0 Å². The maximum atomic E-state index is 10.4. The fraction of sp³-hybridized carbons (Fsp3) is 0.133. The van der Waals surface area contributed by atoms with Crippen LogP contribution in [0.5, 0.6) is 34.5 Å². The highest BCUT2D eigenvalue weighted by Gasteiger charge is 2.39. The first-order valence-corrected chi connectivity index (χ1v) is 11.5. The minimum Gasteiger partial charge on any atom is -0.507 e. The lowest BCUT2D eigenvalue weighted by Gasteiger charge is -2.22. The number of phenols is 3. The molecule has 36 heavy (non-hydrogen) atoms. The summed E-state index contributed by atoms with van der Waals surface area (Å²) in [5, 5.41) is 30.8. The van der Waals surface area contributed by atoms with Gasteiger partial charge in [0.1, 0.15) is 23.4 Å². The summed E-state index contributed by atoms with van der Waals surface area (Å²) < 4.78 is 17.3. The largest absolute Gasteiger partial charge is 0.507 e. The number of phenolic OH excluding ortho intramolecular Hbond substituents is 3. The van der Waals surface area contributed by atoms with E-state index in [2.05, 4.69) is 0 Å². The van der Waals surface area contributed by atoms with Crippen LogP contribution in [0.15, 0.2) is 78.9 Å². The van der Waals surface area contributed by atoms with Crippen LogP contribution in [0, 0.1) is 0 Å². The number of hydrogen-bond donors (Lipinski definition) is 3. The van der Waals surface area contributed by atoms with Gasteiger partial charge in [-0.15, -0.1) is 0 Å². The van der Waals surface area contributed by atoms with E-state index in [0.29, 0.717) is 22.6 Å². The van der Waals surface area contributed by atoms with Crippen LogP contribution in [-0.2, 0) is 0 Å². The Kier molecular flexibility index (Phi) is 6.17. The normalized spacial score (nSPS) is 16.5. The standard InChI is InChI=1S/C30H26O6/c1-34-22-14-20(13-12-18-8-6-7-11-23(18)31)27-25(17-22)36-30(28(27)19-9-4-3-5-10-19)21-15-24(32)29(33)26(16-21)35-2/h3-17,28,30-33H,1-2H3/t28-,30+/m0/s1. The first-order valence-electron chi connectivity index (χ1n) is 11.5. The van der Waals surface area contributed by atoms with E-state index in [-0.39, 0.29) is 28.9 Å². The van der Waals surface area contributed by atoms with Crippen molar-refractivity contribution in [1.29, 1.82) is 0 Å². The smallest absolute Gasteiger partial charge is 0.200 e. The summed E-state index contributed by atoms with van der Waals surface area (Å²) >= 11 is 0. The molecule has 182 valence electrons. The molecule has 1 heterocycles. The van der Waals surface area contributed by atoms with Crippen LogP contribution >= 0.6 is 0 Å². The monoisotopic (exact) mass is 482 g/mol. The van der Waals surface area contributed by atoms with Gasteiger partial charge in [0.25, 0.3) is 0 Å². The average Bonchev–Trinajstić information content (AvgIpc) is 3.29. The Labute approximate surface area is 209 Å². The molecule has 0 bridgehead atoms. The van der Waals surface area contributed by atoms with Gasteiger partial charge in [-0.1, -0.05) is 60.7 Å². The van der Waals surface area contributed by atoms with Crippen LogP contribution < -0.4 is 14.2 Å². The molecule has 0 saturated heterocycles. The maximum Gasteiger partial charge on any atom is 0.200 e. The number of ether oxygens (including phenoxy) is 3. The van der Waals surface area contributed by atoms with Crippen molar-refractivity contribution in [3.05, 3.63) is 107 Å². The fourth-order valence-electron chi connectivity index (χ4n) is 4.67. The van der Waals surface area contributed by atoms with E-state index in [1.54, 1.807) is 25.3 Å². The second-order valence-corrected chi connectivity index (χ2v) is 8.54. The zero-order valence-electron chi connectivity index (χ0n) is 19.9. The van der Waals surface area contributed by atoms with Gasteiger partial charge in [-0.2, -0.15) is 0 Å². The quantitative estimate of drug-likeness (QED) is 0.222. The van der Waals surface area contributed by atoms with Crippen molar-refractivity contribution in [3.8, 4) is 34.5 Å². The van der Waals surface area contributed by atoms with Crippen LogP contribution in [0.4, 0.5) is 0 Å². The van der Waals surface area contributed by atoms with E-state index < -0.39 is 6.10 Å². The van der Waals surface area contributed by atoms with E-state index >= 15 is 0 Å². The van der Waals surface area contributed by atoms with Gasteiger partial charge in [-0.3, -0.25) is 0 Å². The van der Waals surface area contributed by atoms with Gasteiger partial charge < -0.3 is 29.5 Å². The highest BCUT2D eigenvalue weighted by atomic mass is 16.5. The number of para-hydroxylation sites is 1. The molecule has 0 unspecified atom stereocenters. The second-order valence-electron chi connectivity index (χ2n) is 8.54. The van der Waals surface area contributed by atoms with E-state index in [1.807, 2.05) is 66.7 Å². The third kappa shape index (κ3) is 4.18. The van der Waals surface area contributed by atoms with Gasteiger partial charge in [0.05, 0.1) is 20.1 Å². The predicted molar refractivity (Wildman–Crippen MR) is 138 cm³/mol. The first kappa shape index (κ1) is 23.2.